The third-order valence-corrected chi connectivity index (χ3v) is 2.48. The maximum absolute atomic E-state index is 3.94. The third-order valence-electron chi connectivity index (χ3n) is 2.48. The first-order valence-electron chi connectivity index (χ1n) is 5.21. The number of hydrogen-bond acceptors (Lipinski definition) is 1. The molecule has 1 nitrogen and oxygen atoms in total. The molecule has 1 rings (SSSR count). The molecule has 0 saturated carbocycles. The van der Waals surface area contributed by atoms with Crippen molar-refractivity contribution < 1.29 is 0 Å². The molecule has 1 N–H and O–H groups in total. The van der Waals surface area contributed by atoms with Crippen molar-refractivity contribution in [3.63, 3.8) is 0 Å². The van der Waals surface area contributed by atoms with E-state index in [0.29, 0.717) is 0 Å². The van der Waals surface area contributed by atoms with Gasteiger partial charge in [0.25, 0.3) is 0 Å². The molecule has 14 heavy (non-hydrogen) atoms. The molecule has 76 valence electrons. The summed E-state index contributed by atoms with van der Waals surface area (Å²) in [5, 5.41) is 3.30. The normalized spacial score (nSPS) is 9.93. The van der Waals surface area contributed by atoms with Gasteiger partial charge in [-0.2, -0.15) is 0 Å². The first-order valence-corrected chi connectivity index (χ1v) is 5.21. The van der Waals surface area contributed by atoms with E-state index in [1.165, 1.54) is 11.1 Å². The molecule has 0 atom stereocenters. The quantitative estimate of drug-likeness (QED) is 0.757. The summed E-state index contributed by atoms with van der Waals surface area (Å²) in [5.41, 5.74) is 4.98. The number of benzene rings is 1. The van der Waals surface area contributed by atoms with Crippen molar-refractivity contribution in [1.29, 1.82) is 0 Å². The van der Waals surface area contributed by atoms with E-state index in [-0.39, 0.29) is 0 Å². The van der Waals surface area contributed by atoms with Crippen molar-refractivity contribution in [2.24, 2.45) is 0 Å². The van der Waals surface area contributed by atoms with Gasteiger partial charge < -0.3 is 5.32 Å². The molecule has 0 unspecified atom stereocenters. The van der Waals surface area contributed by atoms with Gasteiger partial charge in [0.2, 0.25) is 0 Å². The first-order chi connectivity index (χ1) is 6.67. The van der Waals surface area contributed by atoms with Crippen LogP contribution >= 0.6 is 0 Å². The van der Waals surface area contributed by atoms with Gasteiger partial charge in [-0.1, -0.05) is 26.5 Å². The van der Waals surface area contributed by atoms with Crippen molar-refractivity contribution in [2.75, 3.05) is 5.32 Å². The summed E-state index contributed by atoms with van der Waals surface area (Å²) >= 11 is 0. The zero-order valence-corrected chi connectivity index (χ0v) is 9.35. The van der Waals surface area contributed by atoms with Gasteiger partial charge in [-0.05, 0) is 43.0 Å². The average Bonchev–Trinajstić information content (AvgIpc) is 2.20. The molecule has 0 aliphatic rings. The highest BCUT2D eigenvalue weighted by molar-refractivity contribution is 5.51. The van der Waals surface area contributed by atoms with Gasteiger partial charge in [-0.15, -0.1) is 0 Å². The number of anilines is 1. The maximum Gasteiger partial charge on any atom is 0.0384 e. The van der Waals surface area contributed by atoms with Crippen LogP contribution in [-0.2, 0) is 6.42 Å². The fraction of sp³-hybridized carbons (Fsp3) is 0.385. The van der Waals surface area contributed by atoms with E-state index in [4.69, 9.17) is 0 Å². The minimum absolute atomic E-state index is 0.968. The summed E-state index contributed by atoms with van der Waals surface area (Å²) in [5.74, 6) is 0. The summed E-state index contributed by atoms with van der Waals surface area (Å²) in [7, 11) is 0. The molecular formula is C13H19N. The van der Waals surface area contributed by atoms with E-state index in [1.54, 1.807) is 0 Å². The van der Waals surface area contributed by atoms with Gasteiger partial charge in [0, 0.05) is 11.4 Å². The Morgan fingerprint density at radius 2 is 2.07 bits per heavy atom. The molecule has 0 radical (unpaired) electrons. The molecule has 0 spiro atoms. The highest BCUT2D eigenvalue weighted by Gasteiger charge is 1.98. The van der Waals surface area contributed by atoms with E-state index in [0.717, 1.165) is 24.2 Å². The minimum atomic E-state index is 0.968. The van der Waals surface area contributed by atoms with Crippen LogP contribution in [0.15, 0.2) is 30.5 Å². The van der Waals surface area contributed by atoms with E-state index < -0.39 is 0 Å². The van der Waals surface area contributed by atoms with Gasteiger partial charge in [0.05, 0.1) is 0 Å². The molecular weight excluding hydrogens is 170 g/mol. The molecule has 1 aromatic rings. The van der Waals surface area contributed by atoms with E-state index in [1.807, 2.05) is 0 Å². The first kappa shape index (κ1) is 10.8. The summed E-state index contributed by atoms with van der Waals surface area (Å²) in [4.78, 5) is 0. The van der Waals surface area contributed by atoms with Gasteiger partial charge >= 0.3 is 0 Å². The van der Waals surface area contributed by atoms with Crippen LogP contribution in [0.2, 0.25) is 0 Å². The number of hydrogen-bond donors (Lipinski definition) is 1. The molecule has 0 fully saturated rings. The van der Waals surface area contributed by atoms with Crippen molar-refractivity contribution in [3.05, 3.63) is 41.6 Å². The minimum Gasteiger partial charge on any atom is -0.359 e. The second-order valence-electron chi connectivity index (χ2n) is 3.58. The standard InChI is InChI=1S/C13H19N/c1-5-11(4)14-13-8-7-10(3)12(6-2)9-13/h7-9,14H,4-6H2,1-3H3. The lowest BCUT2D eigenvalue weighted by Gasteiger charge is -2.10. The van der Waals surface area contributed by atoms with Crippen LogP contribution in [0.1, 0.15) is 31.4 Å². The molecule has 0 saturated heterocycles. The van der Waals surface area contributed by atoms with E-state index >= 15 is 0 Å². The van der Waals surface area contributed by atoms with Crippen LogP contribution in [0.4, 0.5) is 5.69 Å². The highest BCUT2D eigenvalue weighted by atomic mass is 14.9. The molecule has 0 bridgehead atoms. The lowest BCUT2D eigenvalue weighted by atomic mass is 10.1. The van der Waals surface area contributed by atoms with E-state index in [2.05, 4.69) is 50.9 Å². The molecule has 0 aliphatic carbocycles. The largest absolute Gasteiger partial charge is 0.359 e. The molecule has 0 aliphatic heterocycles. The Balaban J connectivity index is 2.84. The van der Waals surface area contributed by atoms with Crippen LogP contribution in [0.5, 0.6) is 0 Å². The van der Waals surface area contributed by atoms with Gasteiger partial charge in [-0.25, -0.2) is 0 Å². The Labute approximate surface area is 86.8 Å². The number of allylic oxidation sites excluding steroid dienone is 1. The predicted octanol–water partition coefficient (Wildman–Crippen LogP) is 3.89. The second-order valence-corrected chi connectivity index (χ2v) is 3.58. The molecule has 0 heterocycles. The molecule has 1 aromatic carbocycles. The summed E-state index contributed by atoms with van der Waals surface area (Å²) < 4.78 is 0. The topological polar surface area (TPSA) is 12.0 Å². The summed E-state index contributed by atoms with van der Waals surface area (Å²) in [6, 6.07) is 6.47. The Bertz CT molecular complexity index is 326. The zero-order valence-electron chi connectivity index (χ0n) is 9.35. The fourth-order valence-corrected chi connectivity index (χ4v) is 1.42. The second kappa shape index (κ2) is 4.85. The SMILES string of the molecule is C=C(CC)Nc1ccc(C)c(CC)c1. The van der Waals surface area contributed by atoms with Gasteiger partial charge in [0.15, 0.2) is 0 Å². The summed E-state index contributed by atoms with van der Waals surface area (Å²) in [6.07, 6.45) is 2.05. The number of nitrogens with one attached hydrogen (secondary N) is 1. The molecule has 1 heteroatoms. The lowest BCUT2D eigenvalue weighted by Crippen LogP contribution is -1.98. The Morgan fingerprint density at radius 3 is 2.64 bits per heavy atom. The van der Waals surface area contributed by atoms with Crippen LogP contribution < -0.4 is 5.32 Å². The lowest BCUT2D eigenvalue weighted by molar-refractivity contribution is 1.09. The van der Waals surface area contributed by atoms with E-state index in [9.17, 15) is 0 Å². The smallest absolute Gasteiger partial charge is 0.0384 e. The Morgan fingerprint density at radius 1 is 1.36 bits per heavy atom. The number of rotatable bonds is 4. The van der Waals surface area contributed by atoms with Crippen LogP contribution in [0, 0.1) is 6.92 Å². The number of aryl methyl sites for hydroxylation is 2. The van der Waals surface area contributed by atoms with Crippen LogP contribution in [0.25, 0.3) is 0 Å². The summed E-state index contributed by atoms with van der Waals surface area (Å²) in [6.45, 7) is 10.4. The van der Waals surface area contributed by atoms with Crippen molar-refractivity contribution in [3.8, 4) is 0 Å². The Hall–Kier alpha value is -1.24. The van der Waals surface area contributed by atoms with Gasteiger partial charge in [-0.3, -0.25) is 0 Å². The van der Waals surface area contributed by atoms with Crippen molar-refractivity contribution in [2.45, 2.75) is 33.6 Å². The predicted molar refractivity (Wildman–Crippen MR) is 63.6 cm³/mol. The zero-order chi connectivity index (χ0) is 10.6. The van der Waals surface area contributed by atoms with Crippen molar-refractivity contribution >= 4 is 5.69 Å². The molecule has 0 amide bonds. The van der Waals surface area contributed by atoms with Gasteiger partial charge in [0.1, 0.15) is 0 Å². The Kier molecular flexibility index (Phi) is 3.75. The van der Waals surface area contributed by atoms with Crippen LogP contribution in [0.3, 0.4) is 0 Å². The average molecular weight is 189 g/mol. The van der Waals surface area contributed by atoms with Crippen molar-refractivity contribution in [1.82, 2.24) is 0 Å². The van der Waals surface area contributed by atoms with Crippen LogP contribution in [-0.4, -0.2) is 0 Å². The molecule has 0 aromatic heterocycles. The maximum atomic E-state index is 3.94. The highest BCUT2D eigenvalue weighted by Crippen LogP contribution is 2.17. The third kappa shape index (κ3) is 2.63. The fourth-order valence-electron chi connectivity index (χ4n) is 1.42. The monoisotopic (exact) mass is 189 g/mol.